The van der Waals surface area contributed by atoms with E-state index in [1.165, 1.54) is 12.1 Å². The van der Waals surface area contributed by atoms with Gasteiger partial charge in [-0.05, 0) is 44.5 Å². The van der Waals surface area contributed by atoms with E-state index < -0.39 is 11.7 Å². The van der Waals surface area contributed by atoms with Crippen LogP contribution >= 0.6 is 24.8 Å². The minimum absolute atomic E-state index is 0. The molecule has 0 aromatic heterocycles. The lowest BCUT2D eigenvalue weighted by Crippen LogP contribution is -2.55. The maximum Gasteiger partial charge on any atom is 0.416 e. The molecule has 0 aliphatic carbocycles. The van der Waals surface area contributed by atoms with Crippen molar-refractivity contribution in [3.05, 3.63) is 29.8 Å². The molecule has 2 heterocycles. The highest BCUT2D eigenvalue weighted by molar-refractivity contribution is 5.85. The van der Waals surface area contributed by atoms with Gasteiger partial charge in [0.2, 0.25) is 5.91 Å². The lowest BCUT2D eigenvalue weighted by atomic mass is 9.81. The zero-order valence-corrected chi connectivity index (χ0v) is 16.9. The summed E-state index contributed by atoms with van der Waals surface area (Å²) in [6.45, 7) is 5.84. The molecule has 0 saturated carbocycles. The van der Waals surface area contributed by atoms with Crippen molar-refractivity contribution < 1.29 is 18.0 Å². The molecule has 1 aromatic rings. The van der Waals surface area contributed by atoms with E-state index in [-0.39, 0.29) is 36.1 Å². The Morgan fingerprint density at radius 2 is 1.81 bits per heavy atom. The molecule has 2 fully saturated rings. The first-order valence-corrected chi connectivity index (χ1v) is 8.72. The highest BCUT2D eigenvalue weighted by atomic mass is 35.5. The van der Waals surface area contributed by atoms with Gasteiger partial charge in [0.05, 0.1) is 11.0 Å². The van der Waals surface area contributed by atoms with Crippen LogP contribution in [0.2, 0.25) is 0 Å². The highest BCUT2D eigenvalue weighted by Crippen LogP contribution is 2.32. The summed E-state index contributed by atoms with van der Waals surface area (Å²) in [6.07, 6.45) is -2.46. The number of nitrogens with one attached hydrogen (secondary N) is 1. The predicted octanol–water partition coefficient (Wildman–Crippen LogP) is 3.59. The molecule has 1 unspecified atom stereocenters. The number of benzene rings is 1. The number of piperazine rings is 1. The van der Waals surface area contributed by atoms with E-state index in [2.05, 4.69) is 5.32 Å². The third-order valence-electron chi connectivity index (χ3n) is 5.22. The van der Waals surface area contributed by atoms with Crippen molar-refractivity contribution in [2.45, 2.75) is 25.9 Å². The molecule has 4 nitrogen and oxygen atoms in total. The van der Waals surface area contributed by atoms with E-state index in [0.717, 1.165) is 25.5 Å². The Bertz CT molecular complexity index is 629. The van der Waals surface area contributed by atoms with Crippen molar-refractivity contribution in [3.63, 3.8) is 0 Å². The molecule has 0 spiro atoms. The molecule has 1 amide bonds. The lowest BCUT2D eigenvalue weighted by Gasteiger charge is -2.42. The van der Waals surface area contributed by atoms with Crippen LogP contribution in [-0.2, 0) is 11.0 Å². The van der Waals surface area contributed by atoms with Crippen molar-refractivity contribution in [3.8, 4) is 0 Å². The summed E-state index contributed by atoms with van der Waals surface area (Å²) in [7, 11) is 0. The SMILES string of the molecule is CC1(C(=O)N2CCN(c3cccc(C(F)(F)F)c3)CC2)CCCNC1.Cl.Cl. The molecule has 0 radical (unpaired) electrons. The second-order valence-electron chi connectivity index (χ2n) is 7.17. The van der Waals surface area contributed by atoms with Gasteiger partial charge in [-0.15, -0.1) is 24.8 Å². The van der Waals surface area contributed by atoms with Crippen LogP contribution in [-0.4, -0.2) is 50.1 Å². The number of carbonyl (C=O) groups is 1. The van der Waals surface area contributed by atoms with Crippen LogP contribution in [0.3, 0.4) is 0 Å². The number of rotatable bonds is 2. The third-order valence-corrected chi connectivity index (χ3v) is 5.22. The topological polar surface area (TPSA) is 35.6 Å². The Morgan fingerprint density at radius 1 is 1.15 bits per heavy atom. The van der Waals surface area contributed by atoms with E-state index in [4.69, 9.17) is 0 Å². The molecule has 3 rings (SSSR count). The van der Waals surface area contributed by atoms with Crippen LogP contribution in [0.1, 0.15) is 25.3 Å². The molecule has 2 aliphatic rings. The fourth-order valence-electron chi connectivity index (χ4n) is 3.67. The van der Waals surface area contributed by atoms with Gasteiger partial charge >= 0.3 is 6.18 Å². The van der Waals surface area contributed by atoms with E-state index >= 15 is 0 Å². The number of alkyl halides is 3. The quantitative estimate of drug-likeness (QED) is 0.783. The molecule has 2 aliphatic heterocycles. The highest BCUT2D eigenvalue weighted by Gasteiger charge is 2.38. The second kappa shape index (κ2) is 9.34. The minimum Gasteiger partial charge on any atom is -0.368 e. The van der Waals surface area contributed by atoms with Gasteiger partial charge < -0.3 is 15.1 Å². The Hall–Kier alpha value is -1.18. The number of piperidine rings is 1. The largest absolute Gasteiger partial charge is 0.416 e. The summed E-state index contributed by atoms with van der Waals surface area (Å²) in [6, 6.07) is 5.40. The predicted molar refractivity (Wildman–Crippen MR) is 105 cm³/mol. The molecular formula is C18H26Cl2F3N3O. The van der Waals surface area contributed by atoms with Crippen molar-refractivity contribution >= 4 is 36.4 Å². The number of nitrogens with zero attached hydrogens (tertiary/aromatic N) is 2. The molecule has 1 aromatic carbocycles. The van der Waals surface area contributed by atoms with Gasteiger partial charge in [0.15, 0.2) is 0 Å². The number of halogens is 5. The van der Waals surface area contributed by atoms with Crippen LogP contribution in [0.15, 0.2) is 24.3 Å². The molecule has 9 heteroatoms. The third kappa shape index (κ3) is 5.42. The second-order valence-corrected chi connectivity index (χ2v) is 7.17. The number of carbonyl (C=O) groups excluding carboxylic acids is 1. The summed E-state index contributed by atoms with van der Waals surface area (Å²) in [5.74, 6) is 0.156. The van der Waals surface area contributed by atoms with Crippen LogP contribution in [0.4, 0.5) is 18.9 Å². The number of hydrogen-bond donors (Lipinski definition) is 1. The van der Waals surface area contributed by atoms with Crippen LogP contribution in [0.5, 0.6) is 0 Å². The van der Waals surface area contributed by atoms with Crippen LogP contribution in [0.25, 0.3) is 0 Å². The summed E-state index contributed by atoms with van der Waals surface area (Å²) in [5.41, 5.74) is -0.437. The molecule has 27 heavy (non-hydrogen) atoms. The Kier molecular flexibility index (Phi) is 8.26. The average Bonchev–Trinajstić information content (AvgIpc) is 2.61. The van der Waals surface area contributed by atoms with Crippen molar-refractivity contribution in [1.29, 1.82) is 0 Å². The Labute approximate surface area is 170 Å². The molecule has 0 bridgehead atoms. The molecular weight excluding hydrogens is 402 g/mol. The van der Waals surface area contributed by atoms with Crippen LogP contribution in [0, 0.1) is 5.41 Å². The summed E-state index contributed by atoms with van der Waals surface area (Å²) >= 11 is 0. The van der Waals surface area contributed by atoms with Crippen LogP contribution < -0.4 is 10.2 Å². The normalized spacial score (nSPS) is 23.3. The fourth-order valence-corrected chi connectivity index (χ4v) is 3.67. The van der Waals surface area contributed by atoms with Crippen molar-refractivity contribution in [1.82, 2.24) is 10.2 Å². The van der Waals surface area contributed by atoms with E-state index in [1.54, 1.807) is 6.07 Å². The molecule has 154 valence electrons. The van der Waals surface area contributed by atoms with E-state index in [1.807, 2.05) is 16.7 Å². The maximum absolute atomic E-state index is 12.9. The smallest absolute Gasteiger partial charge is 0.368 e. The van der Waals surface area contributed by atoms with Crippen molar-refractivity contribution in [2.24, 2.45) is 5.41 Å². The van der Waals surface area contributed by atoms with Crippen molar-refractivity contribution in [2.75, 3.05) is 44.2 Å². The van der Waals surface area contributed by atoms with Gasteiger partial charge in [0.1, 0.15) is 0 Å². The number of anilines is 1. The molecule has 2 saturated heterocycles. The van der Waals surface area contributed by atoms with E-state index in [9.17, 15) is 18.0 Å². The fraction of sp³-hybridized carbons (Fsp3) is 0.611. The standard InChI is InChI=1S/C18H24F3N3O.2ClH/c1-17(6-3-7-22-13-17)16(25)24-10-8-23(9-11-24)15-5-2-4-14(12-15)18(19,20)21;;/h2,4-5,12,22H,3,6-11,13H2,1H3;2*1H. The monoisotopic (exact) mass is 427 g/mol. The minimum atomic E-state index is -4.34. The Balaban J connectivity index is 0.00000182. The van der Waals surface area contributed by atoms with Gasteiger partial charge in [0, 0.05) is 38.4 Å². The summed E-state index contributed by atoms with van der Waals surface area (Å²) in [5, 5.41) is 3.29. The van der Waals surface area contributed by atoms with Gasteiger partial charge in [-0.2, -0.15) is 13.2 Å². The van der Waals surface area contributed by atoms with Gasteiger partial charge in [0.25, 0.3) is 0 Å². The first-order chi connectivity index (χ1) is 11.8. The number of amides is 1. The lowest BCUT2D eigenvalue weighted by molar-refractivity contribution is -0.142. The zero-order valence-electron chi connectivity index (χ0n) is 15.2. The van der Waals surface area contributed by atoms with E-state index in [0.29, 0.717) is 38.4 Å². The first kappa shape index (κ1) is 23.9. The van der Waals surface area contributed by atoms with Gasteiger partial charge in [-0.25, -0.2) is 0 Å². The summed E-state index contributed by atoms with van der Waals surface area (Å²) < 4.78 is 38.6. The van der Waals surface area contributed by atoms with Gasteiger partial charge in [-0.1, -0.05) is 6.07 Å². The Morgan fingerprint density at radius 3 is 2.37 bits per heavy atom. The average molecular weight is 428 g/mol. The molecule has 1 atom stereocenters. The maximum atomic E-state index is 12.9. The summed E-state index contributed by atoms with van der Waals surface area (Å²) in [4.78, 5) is 16.6. The van der Waals surface area contributed by atoms with Gasteiger partial charge in [-0.3, -0.25) is 4.79 Å². The number of hydrogen-bond acceptors (Lipinski definition) is 3. The molecule has 1 N–H and O–H groups in total. The zero-order chi connectivity index (χ0) is 18.1. The first-order valence-electron chi connectivity index (χ1n) is 8.72.